The van der Waals surface area contributed by atoms with Crippen molar-refractivity contribution in [2.24, 2.45) is 0 Å². The van der Waals surface area contributed by atoms with E-state index in [4.69, 9.17) is 0 Å². The van der Waals surface area contributed by atoms with Crippen LogP contribution in [0, 0.1) is 6.92 Å². The average Bonchev–Trinajstić information content (AvgIpc) is 2.92. The van der Waals surface area contributed by atoms with Crippen molar-refractivity contribution < 1.29 is 4.79 Å². The minimum Gasteiger partial charge on any atom is -0.357 e. The number of carbonyl (C=O) groups excluding carboxylic acids is 1. The monoisotopic (exact) mass is 295 g/mol. The first-order valence-corrected chi connectivity index (χ1v) is 7.45. The Morgan fingerprint density at radius 3 is 2.95 bits per heavy atom. The van der Waals surface area contributed by atoms with E-state index in [0.717, 1.165) is 24.5 Å². The summed E-state index contributed by atoms with van der Waals surface area (Å²) in [7, 11) is 0. The Balaban J connectivity index is 1.85. The second kappa shape index (κ2) is 4.69. The van der Waals surface area contributed by atoms with E-state index >= 15 is 0 Å². The van der Waals surface area contributed by atoms with Gasteiger partial charge in [0.15, 0.2) is 11.6 Å². The van der Waals surface area contributed by atoms with Gasteiger partial charge in [-0.05, 0) is 31.9 Å². The standard InChI is InChI=1S/C16H17N5O/c1-9-16(22)20-13-14(17-9)18-10(2)19-15(13)21-8-7-11-5-3-4-6-12(11)21/h3-6,9H,7-8H2,1-2H3,(H,20,22)(H,17,18,19). The zero-order valence-corrected chi connectivity index (χ0v) is 12.6. The van der Waals surface area contributed by atoms with Gasteiger partial charge in [0.2, 0.25) is 5.91 Å². The Bertz CT molecular complexity index is 773. The van der Waals surface area contributed by atoms with Gasteiger partial charge in [-0.25, -0.2) is 9.97 Å². The van der Waals surface area contributed by atoms with Crippen LogP contribution in [0.4, 0.5) is 23.0 Å². The molecule has 2 aromatic rings. The quantitative estimate of drug-likeness (QED) is 0.844. The van der Waals surface area contributed by atoms with Crippen molar-refractivity contribution >= 4 is 28.9 Å². The summed E-state index contributed by atoms with van der Waals surface area (Å²) in [6, 6.07) is 8.01. The lowest BCUT2D eigenvalue weighted by atomic mass is 10.2. The molecule has 1 unspecified atom stereocenters. The molecule has 2 aliphatic rings. The van der Waals surface area contributed by atoms with Gasteiger partial charge >= 0.3 is 0 Å². The molecular weight excluding hydrogens is 278 g/mol. The minimum atomic E-state index is -0.291. The number of hydrogen-bond donors (Lipinski definition) is 2. The van der Waals surface area contributed by atoms with Crippen LogP contribution in [0.1, 0.15) is 18.3 Å². The summed E-state index contributed by atoms with van der Waals surface area (Å²) in [6.07, 6.45) is 0.978. The summed E-state index contributed by atoms with van der Waals surface area (Å²) >= 11 is 0. The van der Waals surface area contributed by atoms with Crippen LogP contribution in [0.3, 0.4) is 0 Å². The smallest absolute Gasteiger partial charge is 0.246 e. The lowest BCUT2D eigenvalue weighted by Gasteiger charge is -2.28. The van der Waals surface area contributed by atoms with Crippen LogP contribution in [0.25, 0.3) is 0 Å². The predicted octanol–water partition coefficient (Wildman–Crippen LogP) is 2.23. The second-order valence-corrected chi connectivity index (χ2v) is 5.70. The van der Waals surface area contributed by atoms with Crippen molar-refractivity contribution in [3.8, 4) is 0 Å². The van der Waals surface area contributed by atoms with E-state index in [1.54, 1.807) is 0 Å². The molecule has 3 heterocycles. The third-order valence-electron chi connectivity index (χ3n) is 4.14. The summed E-state index contributed by atoms with van der Waals surface area (Å²) in [6.45, 7) is 4.54. The number of hydrogen-bond acceptors (Lipinski definition) is 5. The van der Waals surface area contributed by atoms with Crippen molar-refractivity contribution in [1.29, 1.82) is 0 Å². The molecule has 22 heavy (non-hydrogen) atoms. The van der Waals surface area contributed by atoms with Crippen LogP contribution in [0.15, 0.2) is 24.3 Å². The van der Waals surface area contributed by atoms with Gasteiger partial charge in [-0.3, -0.25) is 4.79 Å². The molecule has 112 valence electrons. The molecule has 6 heteroatoms. The Morgan fingerprint density at radius 1 is 1.27 bits per heavy atom. The van der Waals surface area contributed by atoms with Crippen LogP contribution in [-0.4, -0.2) is 28.5 Å². The number of fused-ring (bicyclic) bond motifs is 2. The van der Waals surface area contributed by atoms with Gasteiger partial charge in [0.1, 0.15) is 17.6 Å². The number of rotatable bonds is 1. The molecule has 0 saturated heterocycles. The van der Waals surface area contributed by atoms with Gasteiger partial charge in [-0.1, -0.05) is 18.2 Å². The fraction of sp³-hybridized carbons (Fsp3) is 0.312. The maximum absolute atomic E-state index is 12.0. The first-order chi connectivity index (χ1) is 10.6. The van der Waals surface area contributed by atoms with E-state index in [1.165, 1.54) is 5.56 Å². The number of aromatic nitrogens is 2. The van der Waals surface area contributed by atoms with Crippen molar-refractivity contribution in [3.63, 3.8) is 0 Å². The minimum absolute atomic E-state index is 0.0614. The van der Waals surface area contributed by atoms with Crippen LogP contribution in [0.2, 0.25) is 0 Å². The van der Waals surface area contributed by atoms with E-state index in [0.29, 0.717) is 17.3 Å². The molecule has 0 saturated carbocycles. The Hall–Kier alpha value is -2.63. The fourth-order valence-electron chi connectivity index (χ4n) is 3.03. The van der Waals surface area contributed by atoms with Crippen molar-refractivity contribution in [3.05, 3.63) is 35.7 Å². The first kappa shape index (κ1) is 13.1. The van der Waals surface area contributed by atoms with E-state index in [9.17, 15) is 4.79 Å². The molecule has 6 nitrogen and oxygen atoms in total. The van der Waals surface area contributed by atoms with Crippen LogP contribution in [-0.2, 0) is 11.2 Å². The van der Waals surface area contributed by atoms with E-state index in [1.807, 2.05) is 26.0 Å². The molecule has 1 atom stereocenters. The lowest BCUT2D eigenvalue weighted by Crippen LogP contribution is -2.38. The summed E-state index contributed by atoms with van der Waals surface area (Å²) < 4.78 is 0. The molecule has 0 bridgehead atoms. The van der Waals surface area contributed by atoms with Gasteiger partial charge in [0.05, 0.1) is 0 Å². The maximum atomic E-state index is 12.0. The number of anilines is 4. The Labute approximate surface area is 128 Å². The summed E-state index contributed by atoms with van der Waals surface area (Å²) in [5.74, 6) is 2.09. The zero-order chi connectivity index (χ0) is 15.3. The van der Waals surface area contributed by atoms with E-state index in [2.05, 4.69) is 37.6 Å². The predicted molar refractivity (Wildman–Crippen MR) is 85.6 cm³/mol. The molecule has 2 aliphatic heterocycles. The first-order valence-electron chi connectivity index (χ1n) is 7.45. The fourth-order valence-corrected chi connectivity index (χ4v) is 3.03. The highest BCUT2D eigenvalue weighted by molar-refractivity contribution is 6.05. The zero-order valence-electron chi connectivity index (χ0n) is 12.6. The average molecular weight is 295 g/mol. The Morgan fingerprint density at radius 2 is 2.09 bits per heavy atom. The summed E-state index contributed by atoms with van der Waals surface area (Å²) in [5, 5.41) is 6.09. The second-order valence-electron chi connectivity index (χ2n) is 5.70. The number of carbonyl (C=O) groups is 1. The van der Waals surface area contributed by atoms with Gasteiger partial charge < -0.3 is 15.5 Å². The van der Waals surface area contributed by atoms with E-state index < -0.39 is 0 Å². The Kier molecular flexibility index (Phi) is 2.79. The molecule has 0 fully saturated rings. The lowest BCUT2D eigenvalue weighted by molar-refractivity contribution is -0.116. The molecule has 4 rings (SSSR count). The van der Waals surface area contributed by atoms with Gasteiger partial charge in [-0.15, -0.1) is 0 Å². The number of amides is 1. The highest BCUT2D eigenvalue weighted by Crippen LogP contribution is 2.40. The molecule has 1 aromatic carbocycles. The van der Waals surface area contributed by atoms with E-state index in [-0.39, 0.29) is 11.9 Å². The largest absolute Gasteiger partial charge is 0.357 e. The summed E-state index contributed by atoms with van der Waals surface area (Å²) in [4.78, 5) is 23.2. The molecule has 0 radical (unpaired) electrons. The number of benzene rings is 1. The molecule has 0 aliphatic carbocycles. The SMILES string of the molecule is Cc1nc2c(c(N3CCc4ccccc43)n1)NC(=O)C(C)N2. The van der Waals surface area contributed by atoms with Gasteiger partial charge in [0, 0.05) is 12.2 Å². The third kappa shape index (κ3) is 1.91. The highest BCUT2D eigenvalue weighted by atomic mass is 16.2. The van der Waals surface area contributed by atoms with Crippen molar-refractivity contribution in [2.75, 3.05) is 22.1 Å². The molecule has 1 aromatic heterocycles. The molecule has 1 amide bonds. The van der Waals surface area contributed by atoms with Crippen molar-refractivity contribution in [2.45, 2.75) is 26.3 Å². The van der Waals surface area contributed by atoms with Crippen LogP contribution in [0.5, 0.6) is 0 Å². The van der Waals surface area contributed by atoms with Gasteiger partial charge in [-0.2, -0.15) is 0 Å². The number of nitrogens with one attached hydrogen (secondary N) is 2. The molecule has 0 spiro atoms. The summed E-state index contributed by atoms with van der Waals surface area (Å²) in [5.41, 5.74) is 3.12. The number of aryl methyl sites for hydroxylation is 1. The number of para-hydroxylation sites is 1. The van der Waals surface area contributed by atoms with Crippen LogP contribution >= 0.6 is 0 Å². The van der Waals surface area contributed by atoms with Crippen molar-refractivity contribution in [1.82, 2.24) is 9.97 Å². The molecule has 2 N–H and O–H groups in total. The normalized spacial score (nSPS) is 19.3. The third-order valence-corrected chi connectivity index (χ3v) is 4.14. The number of nitrogens with zero attached hydrogens (tertiary/aromatic N) is 3. The molecular formula is C16H17N5O. The highest BCUT2D eigenvalue weighted by Gasteiger charge is 2.30. The van der Waals surface area contributed by atoms with Crippen LogP contribution < -0.4 is 15.5 Å². The van der Waals surface area contributed by atoms with Gasteiger partial charge in [0.25, 0.3) is 0 Å². The maximum Gasteiger partial charge on any atom is 0.246 e. The topological polar surface area (TPSA) is 70.2 Å².